The summed E-state index contributed by atoms with van der Waals surface area (Å²) in [5, 5.41) is 0. The van der Waals surface area contributed by atoms with Crippen LogP contribution in [0.3, 0.4) is 0 Å². The number of oxazole rings is 1. The predicted molar refractivity (Wildman–Crippen MR) is 201 cm³/mol. The molecule has 0 atom stereocenters. The van der Waals surface area contributed by atoms with Crippen molar-refractivity contribution in [3.8, 4) is 0 Å². The van der Waals surface area contributed by atoms with Gasteiger partial charge in [-0.15, -0.1) is 0 Å². The standard InChI is InChI=1S/C13H22.C12H22N2.C11H19NO.4CH4/c1-12(2,3)10-8-7-9-11(10)13(4,5)6;1-11(2,3)9-10(12(4,5)6)14(7)8-13-9;1-10(2,3)8-9(11(4,5)6)13-7-12-8;;;;/h7-8H,9H2,1-6H3;8H,1-7H3;7H,1-6H3;4*1H4. The summed E-state index contributed by atoms with van der Waals surface area (Å²) >= 11 is 0. The Hall–Kier alpha value is -2.10. The fourth-order valence-corrected chi connectivity index (χ4v) is 5.09. The second-order valence-electron chi connectivity index (χ2n) is 17.6. The van der Waals surface area contributed by atoms with Crippen LogP contribution in [-0.4, -0.2) is 14.5 Å². The molecule has 0 aliphatic heterocycles. The minimum Gasteiger partial charge on any atom is -0.448 e. The molecule has 2 aromatic heterocycles. The molecule has 0 unspecified atom stereocenters. The zero-order valence-corrected chi connectivity index (χ0v) is 29.8. The van der Waals surface area contributed by atoms with Crippen molar-refractivity contribution in [2.24, 2.45) is 17.9 Å². The lowest BCUT2D eigenvalue weighted by Gasteiger charge is -2.29. The van der Waals surface area contributed by atoms with Gasteiger partial charge in [0, 0.05) is 34.4 Å². The van der Waals surface area contributed by atoms with E-state index in [4.69, 9.17) is 4.42 Å². The molecule has 1 aliphatic rings. The Kier molecular flexibility index (Phi) is 18.3. The maximum atomic E-state index is 5.44. The Morgan fingerprint density at radius 2 is 1.02 bits per heavy atom. The van der Waals surface area contributed by atoms with E-state index in [1.807, 2.05) is 6.33 Å². The van der Waals surface area contributed by atoms with Gasteiger partial charge in [-0.3, -0.25) is 0 Å². The molecule has 0 spiro atoms. The summed E-state index contributed by atoms with van der Waals surface area (Å²) in [4.78, 5) is 8.80. The van der Waals surface area contributed by atoms with E-state index >= 15 is 0 Å². The van der Waals surface area contributed by atoms with E-state index in [1.165, 1.54) is 11.4 Å². The summed E-state index contributed by atoms with van der Waals surface area (Å²) in [5.41, 5.74) is 7.80. The molecule has 44 heavy (non-hydrogen) atoms. The van der Waals surface area contributed by atoms with Crippen LogP contribution in [0.15, 0.2) is 40.4 Å². The summed E-state index contributed by atoms with van der Waals surface area (Å²) in [6.45, 7) is 40.0. The Morgan fingerprint density at radius 3 is 1.30 bits per heavy atom. The van der Waals surface area contributed by atoms with Crippen molar-refractivity contribution < 1.29 is 4.42 Å². The third kappa shape index (κ3) is 13.5. The Morgan fingerprint density at radius 1 is 0.568 bits per heavy atom. The number of hydrogen-bond acceptors (Lipinski definition) is 3. The van der Waals surface area contributed by atoms with E-state index < -0.39 is 0 Å². The van der Waals surface area contributed by atoms with Crippen LogP contribution >= 0.6 is 0 Å². The quantitative estimate of drug-likeness (QED) is 0.295. The molecule has 0 fully saturated rings. The number of hydrogen-bond donors (Lipinski definition) is 0. The van der Waals surface area contributed by atoms with Crippen LogP contribution in [0, 0.1) is 10.8 Å². The van der Waals surface area contributed by atoms with Crippen molar-refractivity contribution in [1.82, 2.24) is 14.5 Å². The molecule has 4 nitrogen and oxygen atoms in total. The average molecular weight is 618 g/mol. The van der Waals surface area contributed by atoms with Gasteiger partial charge in [0.05, 0.1) is 17.7 Å². The molecule has 0 amide bonds. The maximum absolute atomic E-state index is 5.44. The smallest absolute Gasteiger partial charge is 0.181 e. The zero-order valence-electron chi connectivity index (χ0n) is 29.8. The molecule has 0 radical (unpaired) electrons. The SMILES string of the molecule is C.C.C.C.CC(C)(C)C1=C(C(C)(C)C)CC=C1.CC(C)(C)c1ncoc1C(C)(C)C.Cn1cnc(C(C)(C)C)c1C(C)(C)C. The summed E-state index contributed by atoms with van der Waals surface area (Å²) in [6, 6.07) is 0. The predicted octanol–water partition coefficient (Wildman–Crippen LogP) is 13.2. The van der Waals surface area contributed by atoms with Crippen molar-refractivity contribution in [3.63, 3.8) is 0 Å². The topological polar surface area (TPSA) is 43.9 Å². The summed E-state index contributed by atoms with van der Waals surface area (Å²) in [6.07, 6.45) is 9.21. The monoisotopic (exact) mass is 618 g/mol. The molecule has 2 heterocycles. The van der Waals surface area contributed by atoms with Gasteiger partial charge in [-0.2, -0.15) is 0 Å². The van der Waals surface area contributed by atoms with Crippen molar-refractivity contribution in [3.05, 3.63) is 58.9 Å². The van der Waals surface area contributed by atoms with Gasteiger partial charge in [0.1, 0.15) is 5.76 Å². The second kappa shape index (κ2) is 16.5. The number of nitrogens with zero attached hydrogens (tertiary/aromatic N) is 3. The van der Waals surface area contributed by atoms with Crippen LogP contribution in [-0.2, 0) is 28.7 Å². The number of rotatable bonds is 0. The second-order valence-corrected chi connectivity index (χ2v) is 17.6. The molecular formula is C40H79N3O. The molecule has 4 heteroatoms. The normalized spacial score (nSPS) is 13.7. The molecule has 0 aromatic carbocycles. The molecule has 260 valence electrons. The first kappa shape index (κ1) is 48.8. The van der Waals surface area contributed by atoms with Crippen molar-refractivity contribution in [2.45, 2.75) is 182 Å². The molecule has 3 rings (SSSR count). The van der Waals surface area contributed by atoms with Crippen LogP contribution in [0.25, 0.3) is 0 Å². The van der Waals surface area contributed by atoms with Gasteiger partial charge < -0.3 is 8.98 Å². The van der Waals surface area contributed by atoms with Gasteiger partial charge in [-0.25, -0.2) is 9.97 Å². The van der Waals surface area contributed by atoms with Gasteiger partial charge in [-0.1, -0.05) is 172 Å². The largest absolute Gasteiger partial charge is 0.448 e. The van der Waals surface area contributed by atoms with Crippen molar-refractivity contribution in [2.75, 3.05) is 0 Å². The highest BCUT2D eigenvalue weighted by Gasteiger charge is 2.31. The number of aryl methyl sites for hydroxylation is 1. The fraction of sp³-hybridized carbons (Fsp3) is 0.750. The van der Waals surface area contributed by atoms with Gasteiger partial charge in [0.25, 0.3) is 0 Å². The Labute approximate surface area is 277 Å². The van der Waals surface area contributed by atoms with Crippen molar-refractivity contribution in [1.29, 1.82) is 0 Å². The van der Waals surface area contributed by atoms with Crippen molar-refractivity contribution >= 4 is 0 Å². The van der Waals surface area contributed by atoms with E-state index in [0.29, 0.717) is 10.8 Å². The third-order valence-electron chi connectivity index (χ3n) is 6.96. The first-order valence-corrected chi connectivity index (χ1v) is 15.0. The summed E-state index contributed by atoms with van der Waals surface area (Å²) in [7, 11) is 2.07. The number of allylic oxidation sites excluding steroid dienone is 4. The molecule has 2 aromatic rings. The Balaban J connectivity index is -0.000000261. The van der Waals surface area contributed by atoms with Gasteiger partial charge in [0.2, 0.25) is 0 Å². The average Bonchev–Trinajstić information content (AvgIpc) is 3.44. The number of aromatic nitrogens is 3. The fourth-order valence-electron chi connectivity index (χ4n) is 5.09. The van der Waals surface area contributed by atoms with E-state index in [1.54, 1.807) is 17.5 Å². The maximum Gasteiger partial charge on any atom is 0.181 e. The van der Waals surface area contributed by atoms with E-state index in [-0.39, 0.29) is 51.4 Å². The lowest BCUT2D eigenvalue weighted by molar-refractivity contribution is 0.392. The highest BCUT2D eigenvalue weighted by molar-refractivity contribution is 5.40. The molecule has 0 saturated carbocycles. The van der Waals surface area contributed by atoms with Crippen LogP contribution in [0.1, 0.15) is 184 Å². The van der Waals surface area contributed by atoms with E-state index in [0.717, 1.165) is 17.9 Å². The molecule has 0 bridgehead atoms. The van der Waals surface area contributed by atoms with Crippen LogP contribution in [0.5, 0.6) is 0 Å². The zero-order chi connectivity index (χ0) is 31.7. The summed E-state index contributed by atoms with van der Waals surface area (Å²) in [5.74, 6) is 1.00. The first-order chi connectivity index (χ1) is 17.6. The minimum atomic E-state index is 0. The minimum absolute atomic E-state index is 0. The van der Waals surface area contributed by atoms with Crippen LogP contribution in [0.4, 0.5) is 0 Å². The lowest BCUT2D eigenvalue weighted by atomic mass is 9.76. The lowest BCUT2D eigenvalue weighted by Crippen LogP contribution is -2.23. The molecule has 1 aliphatic carbocycles. The van der Waals surface area contributed by atoms with Gasteiger partial charge >= 0.3 is 0 Å². The Bertz CT molecular complexity index is 1130. The third-order valence-corrected chi connectivity index (χ3v) is 6.96. The number of imidazole rings is 1. The first-order valence-electron chi connectivity index (χ1n) is 15.0. The van der Waals surface area contributed by atoms with Gasteiger partial charge in [-0.05, 0) is 22.8 Å². The molecule has 0 saturated heterocycles. The highest BCUT2D eigenvalue weighted by atomic mass is 16.3. The summed E-state index contributed by atoms with van der Waals surface area (Å²) < 4.78 is 7.58. The van der Waals surface area contributed by atoms with Crippen LogP contribution in [0.2, 0.25) is 0 Å². The highest BCUT2D eigenvalue weighted by Crippen LogP contribution is 2.42. The van der Waals surface area contributed by atoms with Crippen LogP contribution < -0.4 is 0 Å². The van der Waals surface area contributed by atoms with E-state index in [2.05, 4.69) is 158 Å². The van der Waals surface area contributed by atoms with E-state index in [9.17, 15) is 0 Å². The van der Waals surface area contributed by atoms with Gasteiger partial charge in [0.15, 0.2) is 6.39 Å². The molecule has 0 N–H and O–H groups in total. The molecular weight excluding hydrogens is 538 g/mol.